The van der Waals surface area contributed by atoms with Gasteiger partial charge in [-0.3, -0.25) is 4.79 Å². The molecule has 0 fully saturated rings. The molecule has 0 spiro atoms. The largest absolute Gasteiger partial charge is 1.00 e. The van der Waals surface area contributed by atoms with E-state index in [2.05, 4.69) is 8.92 Å². The molecule has 0 bridgehead atoms. The second kappa shape index (κ2) is 14.6. The minimum Gasteiger partial charge on any atom is -0.725 e. The zero-order valence-electron chi connectivity index (χ0n) is 13.3. The summed E-state index contributed by atoms with van der Waals surface area (Å²) in [6, 6.07) is 0. The van der Waals surface area contributed by atoms with Crippen molar-refractivity contribution in [2.45, 2.75) is 64.7 Å². The number of hydrogen-bond donors (Lipinski definition) is 0. The van der Waals surface area contributed by atoms with E-state index in [1.165, 1.54) is 0 Å². The molecule has 0 saturated carbocycles. The van der Waals surface area contributed by atoms with Gasteiger partial charge in [-0.15, -0.1) is 0 Å². The molecule has 0 aliphatic carbocycles. The number of esters is 1. The number of ether oxygens (including phenoxy) is 1. The Morgan fingerprint density at radius 1 is 0.909 bits per heavy atom. The van der Waals surface area contributed by atoms with Crippen LogP contribution >= 0.6 is 0 Å². The average molecular weight is 346 g/mol. The molecule has 9 heteroatoms. The molecule has 0 saturated heterocycles. The Kier molecular flexibility index (Phi) is 16.1. The Labute approximate surface area is 154 Å². The van der Waals surface area contributed by atoms with Gasteiger partial charge in [-0.25, -0.2) is 12.6 Å². The molecule has 0 aliphatic rings. The van der Waals surface area contributed by atoms with Crippen LogP contribution in [0.4, 0.5) is 0 Å². The van der Waals surface area contributed by atoms with Gasteiger partial charge in [0.15, 0.2) is 0 Å². The summed E-state index contributed by atoms with van der Waals surface area (Å²) in [5.74, 6) is -0.359. The van der Waals surface area contributed by atoms with Crippen LogP contribution in [0.3, 0.4) is 0 Å². The van der Waals surface area contributed by atoms with Crippen LogP contribution in [0.5, 0.6) is 0 Å². The van der Waals surface area contributed by atoms with Gasteiger partial charge in [-0.1, -0.05) is 32.1 Å². The summed E-state index contributed by atoms with van der Waals surface area (Å²) in [6.45, 7) is 0.734. The first kappa shape index (κ1) is 24.3. The predicted octanol–water partition coefficient (Wildman–Crippen LogP) is -0.932. The molecule has 0 aromatic rings. The van der Waals surface area contributed by atoms with Gasteiger partial charge >= 0.3 is 35.5 Å². The van der Waals surface area contributed by atoms with E-state index in [0.29, 0.717) is 12.8 Å². The minimum atomic E-state index is -4.81. The van der Waals surface area contributed by atoms with Crippen LogP contribution < -0.4 is 29.6 Å². The van der Waals surface area contributed by atoms with Gasteiger partial charge in [0, 0.05) is 12.8 Å². The monoisotopic (exact) mass is 346 g/mol. The summed E-state index contributed by atoms with van der Waals surface area (Å²) in [5, 5.41) is 0. The van der Waals surface area contributed by atoms with Crippen LogP contribution in [0.2, 0.25) is 0 Å². The third-order valence-electron chi connectivity index (χ3n) is 2.82. The van der Waals surface area contributed by atoms with E-state index in [-0.39, 0.29) is 41.8 Å². The fraction of sp³-hybridized carbons (Fsp3) is 0.846. The Morgan fingerprint density at radius 3 is 1.82 bits per heavy atom. The molecule has 0 atom stereocenters. The summed E-state index contributed by atoms with van der Waals surface area (Å²) < 4.78 is 38.4. The minimum absolute atomic E-state index is 0. The number of Topliss-reactive ketones (excluding diaryl/α,β-unsaturated/α-hetero) is 1. The van der Waals surface area contributed by atoms with Crippen molar-refractivity contribution in [3.05, 3.63) is 0 Å². The van der Waals surface area contributed by atoms with Gasteiger partial charge in [0.25, 0.3) is 0 Å². The molecule has 0 radical (unpaired) electrons. The van der Waals surface area contributed by atoms with E-state index in [1.807, 2.05) is 0 Å². The van der Waals surface area contributed by atoms with Crippen molar-refractivity contribution < 1.29 is 61.0 Å². The number of hydrogen-bond acceptors (Lipinski definition) is 7. The SMILES string of the molecule is CC(=O)CCCCCCCCCC(=O)OCOS(=O)(=O)[O-].[Na+]. The normalized spacial score (nSPS) is 10.8. The van der Waals surface area contributed by atoms with E-state index in [4.69, 9.17) is 0 Å². The van der Waals surface area contributed by atoms with Crippen molar-refractivity contribution in [2.24, 2.45) is 0 Å². The van der Waals surface area contributed by atoms with Gasteiger partial charge in [-0.05, 0) is 19.8 Å². The molecule has 0 aromatic heterocycles. The van der Waals surface area contributed by atoms with Crippen LogP contribution in [0, 0.1) is 0 Å². The molecular formula is C13H23NaO7S. The van der Waals surface area contributed by atoms with Crippen LogP contribution in [0.25, 0.3) is 0 Å². The zero-order valence-corrected chi connectivity index (χ0v) is 16.2. The number of unbranched alkanes of at least 4 members (excludes halogenated alkanes) is 6. The van der Waals surface area contributed by atoms with Gasteiger partial charge in [0.1, 0.15) is 5.78 Å². The standard InChI is InChI=1S/C13H24O7S.Na/c1-12(14)9-7-5-3-2-4-6-8-10-13(15)19-11-20-21(16,17)18;/h2-11H2,1H3,(H,16,17,18);/q;+1/p-1. The smallest absolute Gasteiger partial charge is 0.725 e. The van der Waals surface area contributed by atoms with E-state index in [1.54, 1.807) is 6.92 Å². The third-order valence-corrected chi connectivity index (χ3v) is 3.21. The Bertz CT molecular complexity index is 409. The maximum atomic E-state index is 11.1. The van der Waals surface area contributed by atoms with Gasteiger partial charge in [0.2, 0.25) is 17.2 Å². The van der Waals surface area contributed by atoms with Crippen LogP contribution in [0.1, 0.15) is 64.7 Å². The van der Waals surface area contributed by atoms with Crippen LogP contribution in [-0.4, -0.2) is 31.5 Å². The average Bonchev–Trinajstić information content (AvgIpc) is 2.34. The number of carbonyl (C=O) groups excluding carboxylic acids is 2. The summed E-state index contributed by atoms with van der Waals surface area (Å²) in [5.41, 5.74) is 0. The van der Waals surface area contributed by atoms with Gasteiger partial charge < -0.3 is 14.1 Å². The molecule has 0 unspecified atom stereocenters. The topological polar surface area (TPSA) is 110 Å². The first-order chi connectivity index (χ1) is 9.81. The van der Waals surface area contributed by atoms with Crippen molar-refractivity contribution >= 4 is 22.2 Å². The number of ketones is 1. The van der Waals surface area contributed by atoms with E-state index >= 15 is 0 Å². The van der Waals surface area contributed by atoms with Crippen LogP contribution in [-0.2, 0) is 28.9 Å². The maximum absolute atomic E-state index is 11.1. The third kappa shape index (κ3) is 20.0. The van der Waals surface area contributed by atoms with Gasteiger partial charge in [-0.2, -0.15) is 0 Å². The second-order valence-electron chi connectivity index (χ2n) is 4.84. The molecule has 7 nitrogen and oxygen atoms in total. The molecule has 0 aromatic carbocycles. The first-order valence-electron chi connectivity index (χ1n) is 7.06. The fourth-order valence-corrected chi connectivity index (χ4v) is 1.91. The molecule has 0 aliphatic heterocycles. The first-order valence-corrected chi connectivity index (χ1v) is 8.40. The van der Waals surface area contributed by atoms with E-state index in [0.717, 1.165) is 38.5 Å². The van der Waals surface area contributed by atoms with E-state index in [9.17, 15) is 22.6 Å². The molecule has 0 amide bonds. The zero-order chi connectivity index (χ0) is 16.1. The van der Waals surface area contributed by atoms with Crippen molar-refractivity contribution in [2.75, 3.05) is 6.79 Å². The second-order valence-corrected chi connectivity index (χ2v) is 5.89. The molecular weight excluding hydrogens is 323 g/mol. The summed E-state index contributed by atoms with van der Waals surface area (Å²) >= 11 is 0. The molecule has 0 N–H and O–H groups in total. The molecule has 0 rings (SSSR count). The van der Waals surface area contributed by atoms with E-state index < -0.39 is 23.2 Å². The fourth-order valence-electron chi connectivity index (χ4n) is 1.75. The van der Waals surface area contributed by atoms with Crippen molar-refractivity contribution in [3.63, 3.8) is 0 Å². The van der Waals surface area contributed by atoms with Crippen molar-refractivity contribution in [3.8, 4) is 0 Å². The summed E-state index contributed by atoms with van der Waals surface area (Å²) in [7, 11) is -4.81. The summed E-state index contributed by atoms with van der Waals surface area (Å²) in [4.78, 5) is 21.8. The predicted molar refractivity (Wildman–Crippen MR) is 74.0 cm³/mol. The van der Waals surface area contributed by atoms with Crippen molar-refractivity contribution in [1.29, 1.82) is 0 Å². The maximum Gasteiger partial charge on any atom is 1.00 e. The van der Waals surface area contributed by atoms with Crippen LogP contribution in [0.15, 0.2) is 0 Å². The molecule has 0 heterocycles. The quantitative estimate of drug-likeness (QED) is 0.106. The molecule has 22 heavy (non-hydrogen) atoms. The Morgan fingerprint density at radius 2 is 1.36 bits per heavy atom. The number of carbonyl (C=O) groups is 2. The molecule has 124 valence electrons. The van der Waals surface area contributed by atoms with Gasteiger partial charge in [0.05, 0.1) is 0 Å². The van der Waals surface area contributed by atoms with Crippen molar-refractivity contribution in [1.82, 2.24) is 0 Å². The Balaban J connectivity index is 0. The number of rotatable bonds is 13. The Hall–Kier alpha value is 0.01000. The summed E-state index contributed by atoms with van der Waals surface area (Å²) in [6.07, 6.45) is 7.46.